The monoisotopic (exact) mass is 294 g/mol. The SMILES string of the molecule is CN(Cc1ccccc1Cl)C(CN)C1CCCCCC1. The van der Waals surface area contributed by atoms with Crippen molar-refractivity contribution < 1.29 is 0 Å². The summed E-state index contributed by atoms with van der Waals surface area (Å²) in [6.45, 7) is 1.63. The van der Waals surface area contributed by atoms with Gasteiger partial charge in [-0.1, -0.05) is 55.5 Å². The van der Waals surface area contributed by atoms with E-state index in [9.17, 15) is 0 Å². The second kappa shape index (κ2) is 8.02. The van der Waals surface area contributed by atoms with Gasteiger partial charge in [-0.3, -0.25) is 4.90 Å². The van der Waals surface area contributed by atoms with E-state index in [1.54, 1.807) is 0 Å². The zero-order chi connectivity index (χ0) is 14.4. The molecule has 1 aliphatic carbocycles. The summed E-state index contributed by atoms with van der Waals surface area (Å²) in [7, 11) is 2.19. The van der Waals surface area contributed by atoms with Crippen LogP contribution in [0.5, 0.6) is 0 Å². The van der Waals surface area contributed by atoms with Crippen LogP contribution in [0.2, 0.25) is 5.02 Å². The van der Waals surface area contributed by atoms with Gasteiger partial charge in [0, 0.05) is 24.2 Å². The number of benzene rings is 1. The van der Waals surface area contributed by atoms with Crippen molar-refractivity contribution >= 4 is 11.6 Å². The smallest absolute Gasteiger partial charge is 0.0451 e. The number of hydrogen-bond acceptors (Lipinski definition) is 2. The predicted molar refractivity (Wildman–Crippen MR) is 87.0 cm³/mol. The van der Waals surface area contributed by atoms with Gasteiger partial charge in [-0.25, -0.2) is 0 Å². The molecule has 1 atom stereocenters. The first-order valence-electron chi connectivity index (χ1n) is 7.86. The van der Waals surface area contributed by atoms with Crippen molar-refractivity contribution in [3.63, 3.8) is 0 Å². The maximum absolute atomic E-state index is 6.27. The average Bonchev–Trinajstić information content (AvgIpc) is 2.71. The van der Waals surface area contributed by atoms with Crippen molar-refractivity contribution in [1.29, 1.82) is 0 Å². The standard InChI is InChI=1S/C17H27ClN2/c1-20(13-15-10-6-7-11-16(15)18)17(12-19)14-8-4-2-3-5-9-14/h6-7,10-11,14,17H,2-5,8-9,12-13,19H2,1H3. The zero-order valence-electron chi connectivity index (χ0n) is 12.5. The Hall–Kier alpha value is -0.570. The molecule has 20 heavy (non-hydrogen) atoms. The third kappa shape index (κ3) is 4.21. The van der Waals surface area contributed by atoms with Crippen LogP contribution in [0.1, 0.15) is 44.1 Å². The molecule has 2 rings (SSSR count). The van der Waals surface area contributed by atoms with Crippen molar-refractivity contribution in [1.82, 2.24) is 4.90 Å². The van der Waals surface area contributed by atoms with Gasteiger partial charge in [0.1, 0.15) is 0 Å². The van der Waals surface area contributed by atoms with Crippen LogP contribution in [0.25, 0.3) is 0 Å². The number of halogens is 1. The van der Waals surface area contributed by atoms with Crippen LogP contribution in [0.3, 0.4) is 0 Å². The number of likely N-dealkylation sites (N-methyl/N-ethyl adjacent to an activating group) is 1. The molecule has 1 fully saturated rings. The van der Waals surface area contributed by atoms with Gasteiger partial charge in [-0.2, -0.15) is 0 Å². The molecule has 2 N–H and O–H groups in total. The van der Waals surface area contributed by atoms with E-state index < -0.39 is 0 Å². The Labute approximate surface area is 128 Å². The zero-order valence-corrected chi connectivity index (χ0v) is 13.3. The average molecular weight is 295 g/mol. The van der Waals surface area contributed by atoms with Crippen molar-refractivity contribution in [2.75, 3.05) is 13.6 Å². The number of nitrogens with zero attached hydrogens (tertiary/aromatic N) is 1. The summed E-state index contributed by atoms with van der Waals surface area (Å²) in [5, 5.41) is 0.857. The molecule has 3 heteroatoms. The van der Waals surface area contributed by atoms with Crippen LogP contribution >= 0.6 is 11.6 Å². The largest absolute Gasteiger partial charge is 0.329 e. The van der Waals surface area contributed by atoms with Crippen LogP contribution in [0.15, 0.2) is 24.3 Å². The highest BCUT2D eigenvalue weighted by Gasteiger charge is 2.25. The second-order valence-corrected chi connectivity index (χ2v) is 6.47. The van der Waals surface area contributed by atoms with Crippen molar-refractivity contribution in [2.24, 2.45) is 11.7 Å². The van der Waals surface area contributed by atoms with Crippen LogP contribution in [0, 0.1) is 5.92 Å². The third-order valence-corrected chi connectivity index (χ3v) is 5.00. The maximum atomic E-state index is 6.27. The van der Waals surface area contributed by atoms with E-state index in [0.717, 1.165) is 24.0 Å². The summed E-state index contributed by atoms with van der Waals surface area (Å²) in [6, 6.07) is 8.59. The highest BCUT2D eigenvalue weighted by Crippen LogP contribution is 2.28. The molecule has 0 amide bonds. The maximum Gasteiger partial charge on any atom is 0.0451 e. The normalized spacial score (nSPS) is 19.0. The molecule has 0 radical (unpaired) electrons. The van der Waals surface area contributed by atoms with E-state index in [4.69, 9.17) is 17.3 Å². The van der Waals surface area contributed by atoms with E-state index in [1.165, 1.54) is 44.1 Å². The van der Waals surface area contributed by atoms with E-state index >= 15 is 0 Å². The number of nitrogens with two attached hydrogens (primary N) is 1. The van der Waals surface area contributed by atoms with Gasteiger partial charge in [0.25, 0.3) is 0 Å². The molecule has 0 heterocycles. The number of rotatable bonds is 5. The van der Waals surface area contributed by atoms with Crippen LogP contribution in [-0.4, -0.2) is 24.5 Å². The molecular weight excluding hydrogens is 268 g/mol. The van der Waals surface area contributed by atoms with Crippen molar-refractivity contribution in [3.8, 4) is 0 Å². The Morgan fingerprint density at radius 2 is 1.85 bits per heavy atom. The van der Waals surface area contributed by atoms with Gasteiger partial charge in [0.2, 0.25) is 0 Å². The minimum atomic E-state index is 0.476. The molecule has 1 saturated carbocycles. The molecule has 0 bridgehead atoms. The highest BCUT2D eigenvalue weighted by atomic mass is 35.5. The molecule has 0 spiro atoms. The lowest BCUT2D eigenvalue weighted by molar-refractivity contribution is 0.160. The van der Waals surface area contributed by atoms with E-state index in [0.29, 0.717) is 6.04 Å². The van der Waals surface area contributed by atoms with Gasteiger partial charge in [0.05, 0.1) is 0 Å². The Balaban J connectivity index is 2.01. The van der Waals surface area contributed by atoms with E-state index in [2.05, 4.69) is 24.1 Å². The second-order valence-electron chi connectivity index (χ2n) is 6.06. The van der Waals surface area contributed by atoms with E-state index in [1.807, 2.05) is 12.1 Å². The van der Waals surface area contributed by atoms with Crippen LogP contribution in [-0.2, 0) is 6.54 Å². The summed E-state index contributed by atoms with van der Waals surface area (Å²) >= 11 is 6.27. The predicted octanol–water partition coefficient (Wildman–Crippen LogP) is 4.07. The summed E-state index contributed by atoms with van der Waals surface area (Å²) < 4.78 is 0. The summed E-state index contributed by atoms with van der Waals surface area (Å²) in [6.07, 6.45) is 8.16. The molecule has 0 aliphatic heterocycles. The fourth-order valence-corrected chi connectivity index (χ4v) is 3.64. The van der Waals surface area contributed by atoms with Gasteiger partial charge >= 0.3 is 0 Å². The topological polar surface area (TPSA) is 29.3 Å². The minimum absolute atomic E-state index is 0.476. The quantitative estimate of drug-likeness (QED) is 0.830. The fraction of sp³-hybridized carbons (Fsp3) is 0.647. The Bertz CT molecular complexity index is 400. The van der Waals surface area contributed by atoms with Gasteiger partial charge in [-0.15, -0.1) is 0 Å². The molecule has 1 unspecified atom stereocenters. The van der Waals surface area contributed by atoms with Crippen molar-refractivity contribution in [2.45, 2.75) is 51.1 Å². The van der Waals surface area contributed by atoms with Gasteiger partial charge in [0.15, 0.2) is 0 Å². The van der Waals surface area contributed by atoms with Crippen LogP contribution < -0.4 is 5.73 Å². The molecule has 0 saturated heterocycles. The molecule has 2 nitrogen and oxygen atoms in total. The Morgan fingerprint density at radius 3 is 2.45 bits per heavy atom. The molecule has 0 aromatic heterocycles. The molecule has 1 aromatic rings. The summed E-state index contributed by atoms with van der Waals surface area (Å²) in [5.74, 6) is 0.745. The minimum Gasteiger partial charge on any atom is -0.329 e. The number of hydrogen-bond donors (Lipinski definition) is 1. The Kier molecular flexibility index (Phi) is 6.34. The fourth-order valence-electron chi connectivity index (χ4n) is 3.44. The highest BCUT2D eigenvalue weighted by molar-refractivity contribution is 6.31. The molecule has 1 aromatic carbocycles. The van der Waals surface area contributed by atoms with Crippen molar-refractivity contribution in [3.05, 3.63) is 34.9 Å². The first kappa shape index (κ1) is 15.8. The first-order chi connectivity index (χ1) is 9.72. The first-order valence-corrected chi connectivity index (χ1v) is 8.24. The summed E-state index contributed by atoms with van der Waals surface area (Å²) in [5.41, 5.74) is 7.27. The van der Waals surface area contributed by atoms with E-state index in [-0.39, 0.29) is 0 Å². The van der Waals surface area contributed by atoms with Crippen LogP contribution in [0.4, 0.5) is 0 Å². The van der Waals surface area contributed by atoms with Gasteiger partial charge < -0.3 is 5.73 Å². The lowest BCUT2D eigenvalue weighted by Gasteiger charge is -2.33. The Morgan fingerprint density at radius 1 is 1.20 bits per heavy atom. The molecule has 112 valence electrons. The lowest BCUT2D eigenvalue weighted by Crippen LogP contribution is -2.43. The molecule has 1 aliphatic rings. The van der Waals surface area contributed by atoms with Gasteiger partial charge in [-0.05, 0) is 37.4 Å². The summed E-state index contributed by atoms with van der Waals surface area (Å²) in [4.78, 5) is 2.40. The molecular formula is C17H27ClN2. The lowest BCUT2D eigenvalue weighted by atomic mass is 9.90. The third-order valence-electron chi connectivity index (χ3n) is 4.63.